The minimum Gasteiger partial charge on any atom is -0.279 e. The smallest absolute Gasteiger partial charge is 0.277 e. The molecule has 0 atom stereocenters. The Kier molecular flexibility index (Phi) is 5.52. The number of benzene rings is 2. The maximum absolute atomic E-state index is 13.6. The van der Waals surface area contributed by atoms with Crippen molar-refractivity contribution in [1.82, 2.24) is 9.97 Å². The topological polar surface area (TPSA) is 132 Å². The molecule has 1 amide bonds. The van der Waals surface area contributed by atoms with Crippen molar-refractivity contribution in [3.8, 4) is 0 Å². The molecule has 10 nitrogen and oxygen atoms in total. The molecule has 0 fully saturated rings. The van der Waals surface area contributed by atoms with Crippen LogP contribution in [0.2, 0.25) is 0 Å². The lowest BCUT2D eigenvalue weighted by molar-refractivity contribution is -0.394. The second-order valence-electron chi connectivity index (χ2n) is 6.61. The molecule has 32 heavy (non-hydrogen) atoms. The van der Waals surface area contributed by atoms with Crippen LogP contribution in [0.5, 0.6) is 0 Å². The number of carbonyl (C=O) groups excluding carboxylic acids is 1. The summed E-state index contributed by atoms with van der Waals surface area (Å²) in [6, 6.07) is 10.1. The zero-order chi connectivity index (χ0) is 22.8. The van der Waals surface area contributed by atoms with Gasteiger partial charge in [-0.3, -0.25) is 34.9 Å². The van der Waals surface area contributed by atoms with Gasteiger partial charge in [0.05, 0.1) is 38.2 Å². The number of hydrogen-bond donors (Lipinski definition) is 0. The van der Waals surface area contributed by atoms with E-state index in [9.17, 15) is 29.4 Å². The van der Waals surface area contributed by atoms with Crippen LogP contribution in [-0.4, -0.2) is 25.7 Å². The van der Waals surface area contributed by atoms with E-state index in [0.29, 0.717) is 15.8 Å². The number of aromatic nitrogens is 2. The van der Waals surface area contributed by atoms with Gasteiger partial charge in [0, 0.05) is 24.5 Å². The summed E-state index contributed by atoms with van der Waals surface area (Å²) >= 11 is 1.05. The van der Waals surface area contributed by atoms with Crippen LogP contribution in [0.4, 0.5) is 20.9 Å². The molecule has 12 heteroatoms. The Morgan fingerprint density at radius 1 is 1.06 bits per heavy atom. The van der Waals surface area contributed by atoms with Crippen LogP contribution in [0.15, 0.2) is 60.9 Å². The van der Waals surface area contributed by atoms with Gasteiger partial charge < -0.3 is 0 Å². The fraction of sp³-hybridized carbons (Fsp3) is 0.0500. The number of rotatable bonds is 6. The molecule has 4 rings (SSSR count). The maximum atomic E-state index is 13.6. The molecule has 0 saturated carbocycles. The SMILES string of the molecule is O=C(c1cc([N+](=O)[O-])cc([N+](=O)[O-])c1)N(Cc1cccnc1)c1nc2ccc(F)cc2s1. The fourth-order valence-corrected chi connectivity index (χ4v) is 3.98. The molecule has 0 aliphatic rings. The highest BCUT2D eigenvalue weighted by molar-refractivity contribution is 7.22. The van der Waals surface area contributed by atoms with Crippen molar-refractivity contribution in [2.24, 2.45) is 0 Å². The van der Waals surface area contributed by atoms with Gasteiger partial charge in [0.2, 0.25) is 0 Å². The average Bonchev–Trinajstić information content (AvgIpc) is 3.20. The van der Waals surface area contributed by atoms with Crippen molar-refractivity contribution in [2.75, 3.05) is 4.90 Å². The van der Waals surface area contributed by atoms with E-state index in [2.05, 4.69) is 9.97 Å². The minimum absolute atomic E-state index is 0.00847. The first kappa shape index (κ1) is 20.9. The second kappa shape index (κ2) is 8.43. The van der Waals surface area contributed by atoms with E-state index in [-0.39, 0.29) is 17.2 Å². The van der Waals surface area contributed by atoms with Crippen LogP contribution in [0.3, 0.4) is 0 Å². The lowest BCUT2D eigenvalue weighted by Crippen LogP contribution is -2.30. The van der Waals surface area contributed by atoms with Gasteiger partial charge in [-0.15, -0.1) is 0 Å². The number of nitrogens with zero attached hydrogens (tertiary/aromatic N) is 5. The van der Waals surface area contributed by atoms with Gasteiger partial charge in [0.15, 0.2) is 5.13 Å². The molecule has 0 radical (unpaired) electrons. The molecule has 0 unspecified atom stereocenters. The number of hydrogen-bond acceptors (Lipinski definition) is 8. The number of carbonyl (C=O) groups is 1. The zero-order valence-corrected chi connectivity index (χ0v) is 16.9. The Bertz CT molecular complexity index is 1330. The summed E-state index contributed by atoms with van der Waals surface area (Å²) in [7, 11) is 0. The molecule has 160 valence electrons. The Morgan fingerprint density at radius 3 is 2.41 bits per heavy atom. The molecule has 0 aliphatic carbocycles. The lowest BCUT2D eigenvalue weighted by atomic mass is 10.1. The van der Waals surface area contributed by atoms with Crippen LogP contribution in [-0.2, 0) is 6.54 Å². The van der Waals surface area contributed by atoms with E-state index in [4.69, 9.17) is 0 Å². The number of thiazole rings is 1. The molecule has 0 aliphatic heterocycles. The zero-order valence-electron chi connectivity index (χ0n) is 16.0. The summed E-state index contributed by atoms with van der Waals surface area (Å²) in [6.07, 6.45) is 3.09. The van der Waals surface area contributed by atoms with Crippen molar-refractivity contribution >= 4 is 44.0 Å². The summed E-state index contributed by atoms with van der Waals surface area (Å²) in [5.41, 5.74) is -0.336. The molecular weight excluding hydrogens is 441 g/mol. The van der Waals surface area contributed by atoms with Gasteiger partial charge in [0.25, 0.3) is 17.3 Å². The van der Waals surface area contributed by atoms with Crippen molar-refractivity contribution < 1.29 is 19.0 Å². The third-order valence-corrected chi connectivity index (χ3v) is 5.49. The quantitative estimate of drug-likeness (QED) is 0.310. The fourth-order valence-electron chi connectivity index (χ4n) is 2.99. The van der Waals surface area contributed by atoms with Crippen LogP contribution in [0.1, 0.15) is 15.9 Å². The molecule has 0 spiro atoms. The Balaban J connectivity index is 1.83. The van der Waals surface area contributed by atoms with Gasteiger partial charge >= 0.3 is 0 Å². The van der Waals surface area contributed by atoms with Crippen LogP contribution < -0.4 is 4.90 Å². The first-order valence-electron chi connectivity index (χ1n) is 9.02. The van der Waals surface area contributed by atoms with E-state index in [1.165, 1.54) is 29.3 Å². The molecular formula is C20H12FN5O5S. The monoisotopic (exact) mass is 453 g/mol. The summed E-state index contributed by atoms with van der Waals surface area (Å²) in [4.78, 5) is 43.9. The molecule has 0 saturated heterocycles. The molecule has 0 N–H and O–H groups in total. The summed E-state index contributed by atoms with van der Waals surface area (Å²) in [6.45, 7) is -0.00847. The Labute approximate surface area is 182 Å². The number of amides is 1. The lowest BCUT2D eigenvalue weighted by Gasteiger charge is -2.20. The summed E-state index contributed by atoms with van der Waals surface area (Å²) in [5.74, 6) is -1.20. The number of anilines is 1. The predicted molar refractivity (Wildman–Crippen MR) is 114 cm³/mol. The van der Waals surface area contributed by atoms with Gasteiger partial charge in [0.1, 0.15) is 5.82 Å². The third kappa shape index (κ3) is 4.25. The molecule has 2 heterocycles. The van der Waals surface area contributed by atoms with Gasteiger partial charge in [-0.2, -0.15) is 0 Å². The number of nitro groups is 2. The normalized spacial score (nSPS) is 10.8. The average molecular weight is 453 g/mol. The van der Waals surface area contributed by atoms with Gasteiger partial charge in [-0.1, -0.05) is 17.4 Å². The number of halogens is 1. The maximum Gasteiger partial charge on any atom is 0.277 e. The largest absolute Gasteiger partial charge is 0.279 e. The number of pyridine rings is 1. The molecule has 0 bridgehead atoms. The van der Waals surface area contributed by atoms with Crippen molar-refractivity contribution in [1.29, 1.82) is 0 Å². The molecule has 4 aromatic rings. The summed E-state index contributed by atoms with van der Waals surface area (Å²) < 4.78 is 14.1. The van der Waals surface area contributed by atoms with E-state index in [0.717, 1.165) is 29.5 Å². The third-order valence-electron chi connectivity index (χ3n) is 4.45. The van der Waals surface area contributed by atoms with E-state index in [1.54, 1.807) is 18.3 Å². The minimum atomic E-state index is -0.810. The number of nitro benzene ring substituents is 2. The van der Waals surface area contributed by atoms with Crippen LogP contribution in [0, 0.1) is 26.0 Å². The molecule has 2 aromatic heterocycles. The van der Waals surface area contributed by atoms with Gasteiger partial charge in [-0.25, -0.2) is 9.37 Å². The number of non-ortho nitro benzene ring substituents is 2. The highest BCUT2D eigenvalue weighted by Gasteiger charge is 2.26. The van der Waals surface area contributed by atoms with E-state index in [1.807, 2.05) is 0 Å². The van der Waals surface area contributed by atoms with Crippen molar-refractivity contribution in [2.45, 2.75) is 6.54 Å². The van der Waals surface area contributed by atoms with Crippen LogP contribution in [0.25, 0.3) is 10.2 Å². The standard InChI is InChI=1S/C20H12FN5O5S/c21-14-3-4-17-18(8-14)32-20(23-17)24(11-12-2-1-5-22-10-12)19(27)13-6-15(25(28)29)9-16(7-13)26(30)31/h1-10H,11H2. The van der Waals surface area contributed by atoms with Crippen LogP contribution >= 0.6 is 11.3 Å². The first-order chi connectivity index (χ1) is 15.3. The summed E-state index contributed by atoms with van der Waals surface area (Å²) in [5, 5.41) is 22.7. The predicted octanol–water partition coefficient (Wildman–Crippen LogP) is 4.49. The van der Waals surface area contributed by atoms with Crippen molar-refractivity contribution in [3.05, 3.63) is 98.1 Å². The Hall–Kier alpha value is -4.32. The van der Waals surface area contributed by atoms with E-state index < -0.39 is 32.9 Å². The van der Waals surface area contributed by atoms with E-state index >= 15 is 0 Å². The highest BCUT2D eigenvalue weighted by Crippen LogP contribution is 2.32. The first-order valence-corrected chi connectivity index (χ1v) is 9.84. The number of fused-ring (bicyclic) bond motifs is 1. The second-order valence-corrected chi connectivity index (χ2v) is 7.62. The van der Waals surface area contributed by atoms with Gasteiger partial charge in [-0.05, 0) is 29.8 Å². The molecule has 2 aromatic carbocycles. The van der Waals surface area contributed by atoms with Crippen molar-refractivity contribution in [3.63, 3.8) is 0 Å². The Morgan fingerprint density at radius 2 is 1.78 bits per heavy atom. The highest BCUT2D eigenvalue weighted by atomic mass is 32.1.